The number of rotatable bonds is 6. The predicted octanol–water partition coefficient (Wildman–Crippen LogP) is 6.17. The minimum Gasteiger partial charge on any atom is -0.313 e. The van der Waals surface area contributed by atoms with Crippen LogP contribution >= 0.6 is 20.7 Å². The molecule has 1 atom stereocenters. The molecule has 12 heteroatoms. The van der Waals surface area contributed by atoms with Crippen LogP contribution in [0.4, 0.5) is 26.3 Å². The van der Waals surface area contributed by atoms with E-state index in [2.05, 4.69) is 4.51 Å². The van der Waals surface area contributed by atoms with Crippen molar-refractivity contribution in [2.45, 2.75) is 46.4 Å². The summed E-state index contributed by atoms with van der Waals surface area (Å²) in [6.45, 7) is 2.45. The van der Waals surface area contributed by atoms with E-state index in [0.717, 1.165) is 29.2 Å². The third-order valence-electron chi connectivity index (χ3n) is 6.26. The van der Waals surface area contributed by atoms with Gasteiger partial charge in [0, 0.05) is 30.9 Å². The Bertz CT molecular complexity index is 1250. The van der Waals surface area contributed by atoms with Gasteiger partial charge >= 0.3 is 10.1 Å². The molecular formula is C23H22F6INO3S. The fourth-order valence-electron chi connectivity index (χ4n) is 3.95. The molecule has 1 aromatic rings. The highest BCUT2D eigenvalue weighted by Gasteiger charge is 2.49. The van der Waals surface area contributed by atoms with Crippen LogP contribution in [0.1, 0.15) is 32.3 Å². The van der Waals surface area contributed by atoms with Crippen molar-refractivity contribution in [1.29, 1.82) is 0 Å². The molecule has 0 bridgehead atoms. The summed E-state index contributed by atoms with van der Waals surface area (Å²) in [5.41, 5.74) is -1.97. The second-order valence-corrected chi connectivity index (χ2v) is 13.3. The number of allylic oxidation sites excluding steroid dienone is 5. The molecule has 1 amide bonds. The summed E-state index contributed by atoms with van der Waals surface area (Å²) < 4.78 is 107. The minimum absolute atomic E-state index is 0.253. The number of likely N-dealkylation sites (tertiary alicyclic amines) is 1. The SMILES string of the molecule is C=IC(F)(F)c1cccc(S(=O)(=O)C(C)(C)C2CC(=O)N(C3=C(F)C=C(C(F)(F)F)C=CC3)C2)c1. The Morgan fingerprint density at radius 1 is 1.14 bits per heavy atom. The smallest absolute Gasteiger partial charge is 0.313 e. The molecule has 0 radical (unpaired) electrons. The lowest BCUT2D eigenvalue weighted by molar-refractivity contribution is -0.126. The molecule has 35 heavy (non-hydrogen) atoms. The van der Waals surface area contributed by atoms with Gasteiger partial charge in [-0.2, -0.15) is 22.0 Å². The van der Waals surface area contributed by atoms with Gasteiger partial charge in [0.1, 0.15) is 5.83 Å². The van der Waals surface area contributed by atoms with E-state index in [-0.39, 0.29) is 30.0 Å². The van der Waals surface area contributed by atoms with Gasteiger partial charge in [-0.05, 0) is 52.8 Å². The number of benzene rings is 1. The number of carbonyl (C=O) groups excluding carboxylic acids is 1. The molecule has 2 aliphatic rings. The topological polar surface area (TPSA) is 54.5 Å². The Hall–Kier alpha value is -1.96. The van der Waals surface area contributed by atoms with E-state index < -0.39 is 74.2 Å². The van der Waals surface area contributed by atoms with Gasteiger partial charge in [-0.15, -0.1) is 0 Å². The van der Waals surface area contributed by atoms with Gasteiger partial charge in [-0.3, -0.25) is 4.79 Å². The Morgan fingerprint density at radius 2 is 1.80 bits per heavy atom. The van der Waals surface area contributed by atoms with Crippen LogP contribution in [0.2, 0.25) is 0 Å². The van der Waals surface area contributed by atoms with Gasteiger partial charge in [-0.1, -0.05) is 28.8 Å². The Labute approximate surface area is 209 Å². The number of sulfone groups is 1. The quantitative estimate of drug-likeness (QED) is 0.214. The number of amides is 1. The summed E-state index contributed by atoms with van der Waals surface area (Å²) in [6.07, 6.45) is -3.27. The molecule has 0 saturated carbocycles. The number of hydrogen-bond donors (Lipinski definition) is 0. The van der Waals surface area contributed by atoms with Gasteiger partial charge in [0.2, 0.25) is 5.91 Å². The fraction of sp³-hybridized carbons (Fsp3) is 0.391. The van der Waals surface area contributed by atoms with Crippen LogP contribution in [0.25, 0.3) is 0 Å². The monoisotopic (exact) mass is 633 g/mol. The lowest BCUT2D eigenvalue weighted by atomic mass is 9.94. The van der Waals surface area contributed by atoms with Crippen LogP contribution in [-0.2, 0) is 18.6 Å². The summed E-state index contributed by atoms with van der Waals surface area (Å²) >= 11 is -1.79. The van der Waals surface area contributed by atoms with Crippen LogP contribution in [0.15, 0.2) is 64.5 Å². The minimum atomic E-state index is -4.78. The van der Waals surface area contributed by atoms with Crippen molar-refractivity contribution in [2.24, 2.45) is 5.92 Å². The summed E-state index contributed by atoms with van der Waals surface area (Å²) in [5.74, 6) is -2.74. The predicted molar refractivity (Wildman–Crippen MR) is 129 cm³/mol. The molecule has 3 rings (SSSR count). The third-order valence-corrected chi connectivity index (χ3v) is 10.4. The summed E-state index contributed by atoms with van der Waals surface area (Å²) in [5, 5.41) is 0. The average molecular weight is 633 g/mol. The maximum Gasteiger partial charge on any atom is 0.416 e. The molecule has 0 N–H and O–H groups in total. The highest BCUT2D eigenvalue weighted by molar-refractivity contribution is 14.2. The first kappa shape index (κ1) is 27.6. The summed E-state index contributed by atoms with van der Waals surface area (Å²) in [6, 6.07) is 4.42. The molecule has 1 aliphatic carbocycles. The largest absolute Gasteiger partial charge is 0.416 e. The van der Waals surface area contributed by atoms with Crippen molar-refractivity contribution in [3.05, 3.63) is 65.2 Å². The van der Waals surface area contributed by atoms with Gasteiger partial charge in [0.25, 0.3) is 0 Å². The maximum absolute atomic E-state index is 14.7. The van der Waals surface area contributed by atoms with Crippen LogP contribution in [0, 0.1) is 5.92 Å². The Kier molecular flexibility index (Phi) is 7.49. The zero-order valence-corrected chi connectivity index (χ0v) is 21.6. The molecule has 1 heterocycles. The molecule has 0 aromatic heterocycles. The first-order valence-corrected chi connectivity index (χ1v) is 14.4. The molecule has 192 valence electrons. The van der Waals surface area contributed by atoms with Gasteiger partial charge in [-0.25, -0.2) is 12.8 Å². The maximum atomic E-state index is 14.7. The number of hydrogen-bond acceptors (Lipinski definition) is 3. The number of carbonyl (C=O) groups is 1. The molecule has 1 saturated heterocycles. The normalized spacial score (nSPS) is 20.3. The number of halogens is 7. The molecular weight excluding hydrogens is 611 g/mol. The van der Waals surface area contributed by atoms with E-state index in [1.54, 1.807) is 0 Å². The first-order valence-electron chi connectivity index (χ1n) is 10.3. The highest BCUT2D eigenvalue weighted by atomic mass is 127. The lowest BCUT2D eigenvalue weighted by Crippen LogP contribution is -2.41. The van der Waals surface area contributed by atoms with Crippen LogP contribution < -0.4 is 0 Å². The van der Waals surface area contributed by atoms with E-state index >= 15 is 0 Å². The second-order valence-electron chi connectivity index (χ2n) is 8.67. The fourth-order valence-corrected chi connectivity index (χ4v) is 6.47. The van der Waals surface area contributed by atoms with E-state index in [1.165, 1.54) is 26.0 Å². The zero-order valence-electron chi connectivity index (χ0n) is 18.7. The molecule has 1 unspecified atom stereocenters. The first-order chi connectivity index (χ1) is 16.0. The van der Waals surface area contributed by atoms with E-state index in [9.17, 15) is 39.6 Å². The summed E-state index contributed by atoms with van der Waals surface area (Å²) in [4.78, 5) is 13.3. The van der Waals surface area contributed by atoms with Crippen molar-refractivity contribution >= 4 is 41.0 Å². The Balaban J connectivity index is 1.94. The van der Waals surface area contributed by atoms with Gasteiger partial charge < -0.3 is 4.90 Å². The van der Waals surface area contributed by atoms with Crippen LogP contribution in [-0.4, -0.2) is 41.2 Å². The van der Waals surface area contributed by atoms with Gasteiger partial charge in [0.05, 0.1) is 20.9 Å². The van der Waals surface area contributed by atoms with Crippen molar-refractivity contribution in [2.75, 3.05) is 6.54 Å². The lowest BCUT2D eigenvalue weighted by Gasteiger charge is -2.31. The van der Waals surface area contributed by atoms with Crippen molar-refractivity contribution < 1.29 is 39.6 Å². The molecule has 1 fully saturated rings. The number of nitrogens with zero attached hydrogens (tertiary/aromatic N) is 1. The average Bonchev–Trinajstić information content (AvgIpc) is 3.05. The summed E-state index contributed by atoms with van der Waals surface area (Å²) in [7, 11) is -4.24. The van der Waals surface area contributed by atoms with Crippen LogP contribution in [0.5, 0.6) is 0 Å². The van der Waals surface area contributed by atoms with Crippen LogP contribution in [0.3, 0.4) is 0 Å². The Morgan fingerprint density at radius 3 is 2.40 bits per heavy atom. The number of alkyl halides is 6. The van der Waals surface area contributed by atoms with E-state index in [4.69, 9.17) is 0 Å². The van der Waals surface area contributed by atoms with Gasteiger partial charge in [0.15, 0.2) is 9.84 Å². The van der Waals surface area contributed by atoms with Crippen molar-refractivity contribution in [1.82, 2.24) is 4.90 Å². The van der Waals surface area contributed by atoms with E-state index in [0.29, 0.717) is 6.08 Å². The standard InChI is InChI=1S/C23H22F6INO3S/c1-21(2,35(33,34)17-8-4-7-15(10-17)23(28,29)30-3)16-12-20(32)31(13-16)19-9-5-6-14(11-18(19)24)22(25,26)27/h4-8,10-11,16H,3,9,12-13H2,1-2H3. The van der Waals surface area contributed by atoms with Crippen molar-refractivity contribution in [3.8, 4) is 0 Å². The van der Waals surface area contributed by atoms with E-state index in [1.807, 2.05) is 0 Å². The highest BCUT2D eigenvalue weighted by Crippen LogP contribution is 2.43. The molecule has 1 aliphatic heterocycles. The zero-order chi connectivity index (χ0) is 26.4. The van der Waals surface area contributed by atoms with Crippen molar-refractivity contribution in [3.63, 3.8) is 0 Å². The molecule has 1 aromatic carbocycles. The molecule has 0 spiro atoms. The second kappa shape index (κ2) is 9.49. The third kappa shape index (κ3) is 5.27. The molecule has 4 nitrogen and oxygen atoms in total.